The Labute approximate surface area is 316 Å². The van der Waals surface area contributed by atoms with Crippen molar-refractivity contribution in [1.29, 1.82) is 0 Å². The predicted molar refractivity (Wildman–Crippen MR) is 195 cm³/mol. The number of benzene rings is 2. The van der Waals surface area contributed by atoms with Crippen molar-refractivity contribution in [1.82, 2.24) is 10.6 Å². The molecule has 5 fully saturated rings. The Morgan fingerprint density at radius 2 is 1.46 bits per heavy atom. The minimum Gasteiger partial charge on any atom is -0.493 e. The monoisotopic (exact) mass is 751 g/mol. The quantitative estimate of drug-likeness (QED) is 0.130. The number of carbonyl (C=O) groups excluding carboxylic acids is 4. The van der Waals surface area contributed by atoms with Gasteiger partial charge in [-0.3, -0.25) is 9.59 Å². The summed E-state index contributed by atoms with van der Waals surface area (Å²) in [5, 5.41) is 5.65. The van der Waals surface area contributed by atoms with Crippen molar-refractivity contribution in [2.45, 2.75) is 76.8 Å². The van der Waals surface area contributed by atoms with E-state index in [9.17, 15) is 19.2 Å². The molecule has 5 atom stereocenters. The summed E-state index contributed by atoms with van der Waals surface area (Å²) in [7, 11) is 4.61. The highest BCUT2D eigenvalue weighted by Gasteiger charge is 2.60. The number of alkyl carbamates (subject to hydrolysis) is 1. The fourth-order valence-electron chi connectivity index (χ4n) is 10.2. The van der Waals surface area contributed by atoms with E-state index in [1.54, 1.807) is 32.4 Å². The van der Waals surface area contributed by atoms with Gasteiger partial charge in [-0.05, 0) is 104 Å². The highest BCUT2D eigenvalue weighted by Crippen LogP contribution is 2.66. The Morgan fingerprint density at radius 1 is 0.833 bits per heavy atom. The molecule has 2 unspecified atom stereocenters. The number of nitrogens with one attached hydrogen (secondary N) is 2. The van der Waals surface area contributed by atoms with E-state index in [1.165, 1.54) is 26.4 Å². The van der Waals surface area contributed by atoms with Gasteiger partial charge in [-0.15, -0.1) is 0 Å². The summed E-state index contributed by atoms with van der Waals surface area (Å²) in [6.45, 7) is 4.40. The molecule has 1 saturated heterocycles. The molecular formula is C40H53N3O11. The van der Waals surface area contributed by atoms with Gasteiger partial charge in [0.15, 0.2) is 23.0 Å². The lowest BCUT2D eigenvalue weighted by Gasteiger charge is -2.65. The average molecular weight is 752 g/mol. The Morgan fingerprint density at radius 3 is 2.11 bits per heavy atom. The summed E-state index contributed by atoms with van der Waals surface area (Å²) >= 11 is 0. The number of cyclic esters (lactones) is 1. The Kier molecular flexibility index (Phi) is 11.5. The molecule has 7 rings (SSSR count). The van der Waals surface area contributed by atoms with E-state index in [-0.39, 0.29) is 59.7 Å². The molecule has 1 heterocycles. The van der Waals surface area contributed by atoms with E-state index < -0.39 is 24.2 Å². The summed E-state index contributed by atoms with van der Waals surface area (Å²) < 4.78 is 37.6. The molecule has 2 aromatic rings. The first-order valence-corrected chi connectivity index (χ1v) is 18.6. The third kappa shape index (κ3) is 8.97. The number of hydrogen-bond acceptors (Lipinski definition) is 12. The molecule has 5 aliphatic rings. The second-order valence-corrected chi connectivity index (χ2v) is 16.3. The molecule has 0 spiro atoms. The molecule has 4 saturated carbocycles. The number of methoxy groups -OCH3 is 3. The van der Waals surface area contributed by atoms with Gasteiger partial charge < -0.3 is 49.5 Å². The lowest BCUT2D eigenvalue weighted by molar-refractivity contribution is -0.146. The lowest BCUT2D eigenvalue weighted by atomic mass is 9.43. The lowest BCUT2D eigenvalue weighted by Crippen LogP contribution is -2.65. The van der Waals surface area contributed by atoms with Gasteiger partial charge in [0.25, 0.3) is 0 Å². The van der Waals surface area contributed by atoms with Crippen LogP contribution in [-0.2, 0) is 36.6 Å². The first-order valence-electron chi connectivity index (χ1n) is 18.6. The van der Waals surface area contributed by atoms with Crippen LogP contribution in [0.4, 0.5) is 9.59 Å². The van der Waals surface area contributed by atoms with Crippen LogP contribution in [0.3, 0.4) is 0 Å². The maximum atomic E-state index is 12.8. The van der Waals surface area contributed by atoms with Crippen LogP contribution in [0.1, 0.15) is 63.5 Å². The number of amides is 2. The van der Waals surface area contributed by atoms with E-state index in [4.69, 9.17) is 38.9 Å². The van der Waals surface area contributed by atoms with Crippen LogP contribution < -0.4 is 35.3 Å². The van der Waals surface area contributed by atoms with Gasteiger partial charge in [-0.1, -0.05) is 26.0 Å². The topological polar surface area (TPSA) is 183 Å². The first-order chi connectivity index (χ1) is 25.7. The number of esters is 2. The zero-order valence-electron chi connectivity index (χ0n) is 31.8. The third-order valence-corrected chi connectivity index (χ3v) is 11.4. The standard InChI is InChI=1S/C40H53N3O11/c1-38-16-26-17-39(2,21-38)23-40(18-26,22-38)43-37(47)53-20-29(41)35(45)51-11-10-42-36(46)54-31-9-7-25(15-33(31)50-5)13-28-27(19-52-34(28)44)12-24-6-8-30(48-3)32(14-24)49-4/h6-9,14-15,26-29H,10-13,16-23,41H2,1-5H3,(H,42,46)(H,43,47)/t26?,27-,28+,29-,38?,39?,40?/m0/s1. The summed E-state index contributed by atoms with van der Waals surface area (Å²) in [6.07, 6.45) is 6.08. The van der Waals surface area contributed by atoms with E-state index in [0.717, 1.165) is 30.4 Å². The van der Waals surface area contributed by atoms with Gasteiger partial charge in [0.05, 0.1) is 40.4 Å². The molecule has 54 heavy (non-hydrogen) atoms. The van der Waals surface area contributed by atoms with Crippen molar-refractivity contribution in [3.8, 4) is 23.0 Å². The van der Waals surface area contributed by atoms with Gasteiger partial charge in [0.2, 0.25) is 0 Å². The zero-order valence-corrected chi connectivity index (χ0v) is 31.8. The molecular weight excluding hydrogens is 698 g/mol. The molecule has 14 nitrogen and oxygen atoms in total. The van der Waals surface area contributed by atoms with Crippen LogP contribution in [0, 0.1) is 28.6 Å². The van der Waals surface area contributed by atoms with Crippen molar-refractivity contribution in [2.75, 3.05) is 47.7 Å². The highest BCUT2D eigenvalue weighted by atomic mass is 16.6. The van der Waals surface area contributed by atoms with E-state index in [2.05, 4.69) is 24.5 Å². The largest absolute Gasteiger partial charge is 0.493 e. The third-order valence-electron chi connectivity index (χ3n) is 11.4. The maximum absolute atomic E-state index is 12.8. The molecule has 1 aliphatic heterocycles. The maximum Gasteiger partial charge on any atom is 0.412 e. The molecule has 2 aromatic carbocycles. The van der Waals surface area contributed by atoms with Crippen molar-refractivity contribution in [3.05, 3.63) is 47.5 Å². The van der Waals surface area contributed by atoms with Crippen LogP contribution in [0.15, 0.2) is 36.4 Å². The molecule has 4 aliphatic carbocycles. The smallest absolute Gasteiger partial charge is 0.412 e. The molecule has 294 valence electrons. The SMILES string of the molecule is COc1ccc(C[C@H]2COC(=O)[C@@H]2Cc2ccc(OC(=O)NCCOC(=O)[C@@H](N)COC(=O)NC34CC5CC(C)(CC(C)(C5)C3)C4)c(OC)c2)cc1OC. The highest BCUT2D eigenvalue weighted by molar-refractivity contribution is 5.77. The van der Waals surface area contributed by atoms with Gasteiger partial charge in [0, 0.05) is 11.5 Å². The summed E-state index contributed by atoms with van der Waals surface area (Å²) in [4.78, 5) is 50.5. The molecule has 4 N–H and O–H groups in total. The van der Waals surface area contributed by atoms with E-state index >= 15 is 0 Å². The number of ether oxygens (including phenoxy) is 7. The van der Waals surface area contributed by atoms with Crippen molar-refractivity contribution >= 4 is 24.1 Å². The van der Waals surface area contributed by atoms with Crippen molar-refractivity contribution in [2.24, 2.45) is 34.3 Å². The zero-order chi connectivity index (χ0) is 38.7. The van der Waals surface area contributed by atoms with Gasteiger partial charge in [-0.2, -0.15) is 0 Å². The van der Waals surface area contributed by atoms with Crippen LogP contribution >= 0.6 is 0 Å². The second kappa shape index (κ2) is 15.9. The van der Waals surface area contributed by atoms with Gasteiger partial charge in [0.1, 0.15) is 19.3 Å². The first kappa shape index (κ1) is 39.0. The average Bonchev–Trinajstić information content (AvgIpc) is 3.44. The normalized spacial score (nSPS) is 28.4. The van der Waals surface area contributed by atoms with Crippen molar-refractivity contribution < 1.29 is 52.3 Å². The van der Waals surface area contributed by atoms with Crippen LogP contribution in [0.5, 0.6) is 23.0 Å². The van der Waals surface area contributed by atoms with Gasteiger partial charge >= 0.3 is 24.1 Å². The van der Waals surface area contributed by atoms with Gasteiger partial charge in [-0.25, -0.2) is 9.59 Å². The second-order valence-electron chi connectivity index (χ2n) is 16.3. The molecule has 4 bridgehead atoms. The van der Waals surface area contributed by atoms with E-state index in [0.29, 0.717) is 42.6 Å². The van der Waals surface area contributed by atoms with Crippen LogP contribution in [0.2, 0.25) is 0 Å². The van der Waals surface area contributed by atoms with Crippen molar-refractivity contribution in [3.63, 3.8) is 0 Å². The summed E-state index contributed by atoms with van der Waals surface area (Å²) in [6, 6.07) is 9.58. The minimum atomic E-state index is -1.18. The molecule has 0 radical (unpaired) electrons. The predicted octanol–water partition coefficient (Wildman–Crippen LogP) is 4.72. The Hall–Kier alpha value is -4.72. The minimum absolute atomic E-state index is 0.0501. The van der Waals surface area contributed by atoms with Crippen LogP contribution in [-0.4, -0.2) is 83.4 Å². The van der Waals surface area contributed by atoms with E-state index in [1.807, 2.05) is 18.2 Å². The number of carbonyl (C=O) groups is 4. The summed E-state index contributed by atoms with van der Waals surface area (Å²) in [5.74, 6) is 0.859. The fraction of sp³-hybridized carbons (Fsp3) is 0.600. The molecule has 0 aromatic heterocycles. The summed E-state index contributed by atoms with van der Waals surface area (Å²) in [5.41, 5.74) is 7.92. The number of hydrogen-bond donors (Lipinski definition) is 3. The molecule has 2 amide bonds. The fourth-order valence-corrected chi connectivity index (χ4v) is 10.2. The number of nitrogens with two attached hydrogens (primary N) is 1. The van der Waals surface area contributed by atoms with Crippen LogP contribution in [0.25, 0.3) is 0 Å². The molecule has 14 heteroatoms. The number of rotatable bonds is 15. The Balaban J connectivity index is 0.914. The Bertz CT molecular complexity index is 1710.